The van der Waals surface area contributed by atoms with Crippen molar-refractivity contribution in [3.8, 4) is 11.5 Å². The Morgan fingerprint density at radius 1 is 1.00 bits per heavy atom. The number of nitrogens with one attached hydrogen (secondary N) is 1. The van der Waals surface area contributed by atoms with Crippen LogP contribution in [0.5, 0.6) is 11.5 Å². The number of nitrogens with two attached hydrogens (primary N) is 1. The van der Waals surface area contributed by atoms with Gasteiger partial charge in [0, 0.05) is 18.5 Å². The summed E-state index contributed by atoms with van der Waals surface area (Å²) < 4.78 is 97.9. The SMILES string of the molecule is COc1ccc(COC[C@@H](Oc2cc(C[C@@H]3CS(=O)(=O)C[C@H](NCc4cccc(C(C)(C)C)c4)[C@H]3O)cc(F)c2N)C(F)(F)F)cc1. The zero-order chi connectivity index (χ0) is 34.6. The molecule has 0 radical (unpaired) electrons. The second-order valence-corrected chi connectivity index (χ2v) is 15.1. The number of methoxy groups -OCH3 is 1. The number of alkyl halides is 3. The molecule has 4 rings (SSSR count). The number of aliphatic hydroxyl groups is 1. The summed E-state index contributed by atoms with van der Waals surface area (Å²) in [6.45, 7) is 5.51. The molecule has 0 spiro atoms. The Morgan fingerprint density at radius 3 is 2.34 bits per heavy atom. The molecule has 1 aliphatic heterocycles. The van der Waals surface area contributed by atoms with Gasteiger partial charge in [0.25, 0.3) is 0 Å². The van der Waals surface area contributed by atoms with Gasteiger partial charge in [-0.25, -0.2) is 12.8 Å². The number of hydrogen-bond donors (Lipinski definition) is 3. The third kappa shape index (κ3) is 10.1. The van der Waals surface area contributed by atoms with Crippen LogP contribution in [0.1, 0.15) is 43.0 Å². The van der Waals surface area contributed by atoms with Crippen LogP contribution >= 0.6 is 0 Å². The Bertz CT molecular complexity index is 1610. The molecule has 0 bridgehead atoms. The summed E-state index contributed by atoms with van der Waals surface area (Å²) in [7, 11) is -2.13. The normalized spacial score (nSPS) is 20.5. The summed E-state index contributed by atoms with van der Waals surface area (Å²) >= 11 is 0. The first kappa shape index (κ1) is 36.4. The molecule has 1 heterocycles. The van der Waals surface area contributed by atoms with E-state index in [4.69, 9.17) is 19.9 Å². The minimum Gasteiger partial charge on any atom is -0.497 e. The molecule has 13 heteroatoms. The van der Waals surface area contributed by atoms with Gasteiger partial charge in [0.15, 0.2) is 9.84 Å². The zero-order valence-electron chi connectivity index (χ0n) is 26.8. The van der Waals surface area contributed by atoms with E-state index < -0.39 is 64.0 Å². The largest absolute Gasteiger partial charge is 0.497 e. The molecule has 8 nitrogen and oxygen atoms in total. The van der Waals surface area contributed by atoms with Gasteiger partial charge in [-0.2, -0.15) is 13.2 Å². The van der Waals surface area contributed by atoms with Gasteiger partial charge in [0.1, 0.15) is 23.0 Å². The molecule has 0 aromatic heterocycles. The number of hydrogen-bond acceptors (Lipinski definition) is 8. The van der Waals surface area contributed by atoms with Crippen LogP contribution in [0, 0.1) is 11.7 Å². The minimum absolute atomic E-state index is 0.0872. The lowest BCUT2D eigenvalue weighted by atomic mass is 9.86. The van der Waals surface area contributed by atoms with Crippen molar-refractivity contribution >= 4 is 15.5 Å². The second-order valence-electron chi connectivity index (χ2n) is 13.0. The topological polar surface area (TPSA) is 120 Å². The molecule has 4 N–H and O–H groups in total. The third-order valence-corrected chi connectivity index (χ3v) is 9.94. The molecule has 0 saturated carbocycles. The summed E-state index contributed by atoms with van der Waals surface area (Å²) in [6.07, 6.45) is -8.62. The fraction of sp³-hybridized carbons (Fsp3) is 0.471. The van der Waals surface area contributed by atoms with E-state index in [0.29, 0.717) is 17.9 Å². The Hall–Kier alpha value is -3.39. The van der Waals surface area contributed by atoms with Crippen molar-refractivity contribution in [1.29, 1.82) is 0 Å². The van der Waals surface area contributed by atoms with Crippen molar-refractivity contribution in [2.45, 2.75) is 70.2 Å². The molecule has 258 valence electrons. The number of sulfone groups is 1. The summed E-state index contributed by atoms with van der Waals surface area (Å²) in [5.41, 5.74) is 7.80. The highest BCUT2D eigenvalue weighted by atomic mass is 32.2. The van der Waals surface area contributed by atoms with Crippen molar-refractivity contribution in [3.63, 3.8) is 0 Å². The fourth-order valence-corrected chi connectivity index (χ4v) is 7.43. The summed E-state index contributed by atoms with van der Waals surface area (Å²) in [5.74, 6) is -2.55. The highest BCUT2D eigenvalue weighted by molar-refractivity contribution is 7.91. The van der Waals surface area contributed by atoms with Gasteiger partial charge in [-0.05, 0) is 58.4 Å². The first-order chi connectivity index (χ1) is 21.9. The number of anilines is 1. The van der Waals surface area contributed by atoms with E-state index in [9.17, 15) is 31.1 Å². The molecule has 1 aliphatic rings. The first-order valence-electron chi connectivity index (χ1n) is 15.2. The quantitative estimate of drug-likeness (QED) is 0.173. The Morgan fingerprint density at radius 2 is 1.70 bits per heavy atom. The molecule has 0 aliphatic carbocycles. The fourth-order valence-electron chi connectivity index (χ4n) is 5.47. The molecule has 1 fully saturated rings. The molecular formula is C34H42F4N2O6S. The molecule has 1 saturated heterocycles. The lowest BCUT2D eigenvalue weighted by Crippen LogP contribution is -2.54. The van der Waals surface area contributed by atoms with Crippen LogP contribution in [0.3, 0.4) is 0 Å². The molecule has 0 unspecified atom stereocenters. The van der Waals surface area contributed by atoms with Gasteiger partial charge in [0.05, 0.1) is 37.9 Å². The molecule has 3 aromatic rings. The van der Waals surface area contributed by atoms with Crippen LogP contribution in [-0.4, -0.2) is 63.2 Å². The standard InChI is InChI=1S/C34H42F4N2O6S/c1-33(2,3)25-7-5-6-22(13-25)16-40-28-20-47(42,43)19-24(32(28)41)12-23-14-27(35)31(39)29(15-23)46-30(34(36,37)38)18-45-17-21-8-10-26(44-4)11-9-21/h5-11,13-15,24,28,30,32,40-41H,12,16-20,39H2,1-4H3/t24-,28+,30-,32+/m1/s1. The minimum atomic E-state index is -4.88. The van der Waals surface area contributed by atoms with Gasteiger partial charge >= 0.3 is 6.18 Å². The van der Waals surface area contributed by atoms with Gasteiger partial charge in [0.2, 0.25) is 6.10 Å². The number of aliphatic hydroxyl groups excluding tert-OH is 1. The summed E-state index contributed by atoms with van der Waals surface area (Å²) in [4.78, 5) is 0. The maximum absolute atomic E-state index is 14.9. The van der Waals surface area contributed by atoms with Crippen molar-refractivity contribution in [2.75, 3.05) is 31.0 Å². The predicted octanol–water partition coefficient (Wildman–Crippen LogP) is 5.35. The lowest BCUT2D eigenvalue weighted by molar-refractivity contribution is -0.209. The van der Waals surface area contributed by atoms with Gasteiger partial charge in [-0.1, -0.05) is 57.2 Å². The van der Waals surface area contributed by atoms with E-state index >= 15 is 0 Å². The third-order valence-electron chi connectivity index (χ3n) is 8.14. The maximum Gasteiger partial charge on any atom is 0.427 e. The second kappa shape index (κ2) is 14.8. The molecular weight excluding hydrogens is 640 g/mol. The Balaban J connectivity index is 1.46. The monoisotopic (exact) mass is 682 g/mol. The number of nitrogen functional groups attached to an aromatic ring is 1. The zero-order valence-corrected chi connectivity index (χ0v) is 27.6. The number of halogens is 4. The predicted molar refractivity (Wildman–Crippen MR) is 172 cm³/mol. The van der Waals surface area contributed by atoms with Crippen molar-refractivity contribution in [2.24, 2.45) is 5.92 Å². The van der Waals surface area contributed by atoms with Crippen LogP contribution in [0.4, 0.5) is 23.2 Å². The Kier molecular flexibility index (Phi) is 11.5. The highest BCUT2D eigenvalue weighted by Gasteiger charge is 2.43. The number of benzene rings is 3. The average Bonchev–Trinajstić information content (AvgIpc) is 2.99. The first-order valence-corrected chi connectivity index (χ1v) is 17.0. The Labute approximate surface area is 273 Å². The number of rotatable bonds is 12. The van der Waals surface area contributed by atoms with E-state index in [1.165, 1.54) is 7.11 Å². The summed E-state index contributed by atoms with van der Waals surface area (Å²) in [5, 5.41) is 14.4. The molecule has 3 aromatic carbocycles. The van der Waals surface area contributed by atoms with E-state index in [1.807, 2.05) is 24.3 Å². The van der Waals surface area contributed by atoms with Gasteiger partial charge < -0.3 is 30.4 Å². The highest BCUT2D eigenvalue weighted by Crippen LogP contribution is 2.34. The number of ether oxygens (including phenoxy) is 3. The van der Waals surface area contributed by atoms with E-state index in [0.717, 1.165) is 23.3 Å². The van der Waals surface area contributed by atoms with Crippen molar-refractivity contribution in [3.05, 3.63) is 88.7 Å². The van der Waals surface area contributed by atoms with Crippen LogP contribution < -0.4 is 20.5 Å². The smallest absolute Gasteiger partial charge is 0.427 e. The van der Waals surface area contributed by atoms with Crippen LogP contribution in [-0.2, 0) is 39.6 Å². The maximum atomic E-state index is 14.9. The molecule has 0 amide bonds. The summed E-state index contributed by atoms with van der Waals surface area (Å²) in [6, 6.07) is 15.8. The van der Waals surface area contributed by atoms with E-state index in [2.05, 4.69) is 26.1 Å². The van der Waals surface area contributed by atoms with Crippen molar-refractivity contribution in [1.82, 2.24) is 5.32 Å². The lowest BCUT2D eigenvalue weighted by Gasteiger charge is -2.35. The van der Waals surface area contributed by atoms with Crippen LogP contribution in [0.25, 0.3) is 0 Å². The van der Waals surface area contributed by atoms with Crippen LogP contribution in [0.2, 0.25) is 0 Å². The van der Waals surface area contributed by atoms with Crippen molar-refractivity contribution < 1.29 is 45.3 Å². The van der Waals surface area contributed by atoms with Gasteiger partial charge in [-0.15, -0.1) is 0 Å². The van der Waals surface area contributed by atoms with E-state index in [-0.39, 0.29) is 35.5 Å². The van der Waals surface area contributed by atoms with Crippen LogP contribution in [0.15, 0.2) is 60.7 Å². The average molecular weight is 683 g/mol. The van der Waals surface area contributed by atoms with E-state index in [1.54, 1.807) is 24.3 Å². The van der Waals surface area contributed by atoms with Gasteiger partial charge in [-0.3, -0.25) is 0 Å². The molecule has 4 atom stereocenters. The molecule has 47 heavy (non-hydrogen) atoms.